The van der Waals surface area contributed by atoms with Crippen LogP contribution in [0.2, 0.25) is 0 Å². The topological polar surface area (TPSA) is 29.1 Å². The second-order valence-corrected chi connectivity index (χ2v) is 4.58. The monoisotopic (exact) mass is 211 g/mol. The van der Waals surface area contributed by atoms with Crippen molar-refractivity contribution in [3.8, 4) is 0 Å². The second kappa shape index (κ2) is 5.27. The van der Waals surface area contributed by atoms with E-state index in [9.17, 15) is 4.79 Å². The third-order valence-electron chi connectivity index (χ3n) is 2.27. The zero-order valence-electron chi connectivity index (χ0n) is 8.96. The van der Waals surface area contributed by atoms with Gasteiger partial charge < -0.3 is 5.32 Å². The fraction of sp³-hybridized carbons (Fsp3) is 0.545. The molecule has 0 fully saturated rings. The maximum absolute atomic E-state index is 11.9. The summed E-state index contributed by atoms with van der Waals surface area (Å²) in [5, 5.41) is 5.17. The first-order valence-corrected chi connectivity index (χ1v) is 5.83. The summed E-state index contributed by atoms with van der Waals surface area (Å²) in [6, 6.07) is 1.92. The van der Waals surface area contributed by atoms with Gasteiger partial charge >= 0.3 is 0 Å². The highest BCUT2D eigenvalue weighted by Crippen LogP contribution is 2.18. The molecule has 1 unspecified atom stereocenters. The zero-order chi connectivity index (χ0) is 10.6. The van der Waals surface area contributed by atoms with Gasteiger partial charge in [0.15, 0.2) is 5.78 Å². The SMILES string of the molecule is CCNCC(C)C(=O)c1ccsc1C. The first-order chi connectivity index (χ1) is 6.66. The number of carbonyl (C=O) groups is 1. The molecule has 0 spiro atoms. The molecule has 14 heavy (non-hydrogen) atoms. The standard InChI is InChI=1S/C11H17NOS/c1-4-12-7-8(2)11(13)10-5-6-14-9(10)3/h5-6,8,12H,4,7H2,1-3H3. The molecule has 78 valence electrons. The van der Waals surface area contributed by atoms with Gasteiger partial charge in [0.25, 0.3) is 0 Å². The molecule has 0 amide bonds. The summed E-state index contributed by atoms with van der Waals surface area (Å²) in [6.45, 7) is 7.71. The van der Waals surface area contributed by atoms with Crippen LogP contribution in [0.5, 0.6) is 0 Å². The maximum atomic E-state index is 11.9. The lowest BCUT2D eigenvalue weighted by atomic mass is 10.0. The Kier molecular flexibility index (Phi) is 4.29. The minimum absolute atomic E-state index is 0.0725. The maximum Gasteiger partial charge on any atom is 0.168 e. The van der Waals surface area contributed by atoms with Gasteiger partial charge in [-0.2, -0.15) is 0 Å². The normalized spacial score (nSPS) is 12.8. The van der Waals surface area contributed by atoms with Gasteiger partial charge in [-0.3, -0.25) is 4.79 Å². The fourth-order valence-electron chi connectivity index (χ4n) is 1.36. The molecule has 1 N–H and O–H groups in total. The van der Waals surface area contributed by atoms with E-state index < -0.39 is 0 Å². The van der Waals surface area contributed by atoms with Crippen molar-refractivity contribution >= 4 is 17.1 Å². The Morgan fingerprint density at radius 2 is 2.36 bits per heavy atom. The van der Waals surface area contributed by atoms with E-state index in [1.165, 1.54) is 0 Å². The Bertz CT molecular complexity index is 306. The van der Waals surface area contributed by atoms with E-state index in [0.29, 0.717) is 0 Å². The molecule has 2 nitrogen and oxygen atoms in total. The molecule has 3 heteroatoms. The van der Waals surface area contributed by atoms with Crippen LogP contribution in [-0.4, -0.2) is 18.9 Å². The van der Waals surface area contributed by atoms with Gasteiger partial charge in [0, 0.05) is 22.9 Å². The van der Waals surface area contributed by atoms with Crippen LogP contribution in [0.25, 0.3) is 0 Å². The third kappa shape index (κ3) is 2.66. The quantitative estimate of drug-likeness (QED) is 0.758. The minimum atomic E-state index is 0.0725. The Labute approximate surface area is 89.3 Å². The van der Waals surface area contributed by atoms with E-state index in [2.05, 4.69) is 5.32 Å². The summed E-state index contributed by atoms with van der Waals surface area (Å²) < 4.78 is 0. The first-order valence-electron chi connectivity index (χ1n) is 4.95. The average molecular weight is 211 g/mol. The van der Waals surface area contributed by atoms with Crippen molar-refractivity contribution < 1.29 is 4.79 Å². The molecule has 1 aromatic heterocycles. The number of Topliss-reactive ketones (excluding diaryl/α,β-unsaturated/α-hetero) is 1. The molecule has 1 heterocycles. The highest BCUT2D eigenvalue weighted by Gasteiger charge is 2.16. The highest BCUT2D eigenvalue weighted by molar-refractivity contribution is 7.10. The average Bonchev–Trinajstić information content (AvgIpc) is 2.59. The van der Waals surface area contributed by atoms with Crippen LogP contribution in [0.15, 0.2) is 11.4 Å². The Balaban J connectivity index is 2.61. The summed E-state index contributed by atoms with van der Waals surface area (Å²) in [5.41, 5.74) is 0.889. The first kappa shape index (κ1) is 11.4. The van der Waals surface area contributed by atoms with E-state index in [0.717, 1.165) is 23.5 Å². The van der Waals surface area contributed by atoms with Crippen molar-refractivity contribution in [2.75, 3.05) is 13.1 Å². The lowest BCUT2D eigenvalue weighted by molar-refractivity contribution is 0.0929. The van der Waals surface area contributed by atoms with Gasteiger partial charge in [0.1, 0.15) is 0 Å². The summed E-state index contributed by atoms with van der Waals surface area (Å²) in [4.78, 5) is 13.0. The summed E-state index contributed by atoms with van der Waals surface area (Å²) in [6.07, 6.45) is 0. The lowest BCUT2D eigenvalue weighted by Crippen LogP contribution is -2.26. The third-order valence-corrected chi connectivity index (χ3v) is 3.12. The number of thiophene rings is 1. The van der Waals surface area contributed by atoms with E-state index in [-0.39, 0.29) is 11.7 Å². The highest BCUT2D eigenvalue weighted by atomic mass is 32.1. The van der Waals surface area contributed by atoms with Crippen molar-refractivity contribution in [3.63, 3.8) is 0 Å². The molecule has 0 aliphatic heterocycles. The van der Waals surface area contributed by atoms with Crippen molar-refractivity contribution in [3.05, 3.63) is 21.9 Å². The molecule has 0 aliphatic carbocycles. The van der Waals surface area contributed by atoms with Crippen molar-refractivity contribution in [1.82, 2.24) is 5.32 Å². The molecule has 0 saturated carbocycles. The molecular weight excluding hydrogens is 194 g/mol. The number of ketones is 1. The molecule has 1 atom stereocenters. The predicted octanol–water partition coefficient (Wildman–Crippen LogP) is 2.48. The largest absolute Gasteiger partial charge is 0.316 e. The van der Waals surface area contributed by atoms with Gasteiger partial charge in [0.05, 0.1) is 0 Å². The van der Waals surface area contributed by atoms with Crippen LogP contribution in [0.4, 0.5) is 0 Å². The van der Waals surface area contributed by atoms with Crippen LogP contribution in [0.1, 0.15) is 29.1 Å². The second-order valence-electron chi connectivity index (χ2n) is 3.46. The molecular formula is C11H17NOS. The van der Waals surface area contributed by atoms with Crippen LogP contribution < -0.4 is 5.32 Å². The van der Waals surface area contributed by atoms with Gasteiger partial charge in [-0.25, -0.2) is 0 Å². The van der Waals surface area contributed by atoms with E-state index in [4.69, 9.17) is 0 Å². The van der Waals surface area contributed by atoms with Crippen molar-refractivity contribution in [1.29, 1.82) is 0 Å². The predicted molar refractivity (Wildman–Crippen MR) is 61.1 cm³/mol. The summed E-state index contributed by atoms with van der Waals surface area (Å²) >= 11 is 1.63. The zero-order valence-corrected chi connectivity index (χ0v) is 9.78. The van der Waals surface area contributed by atoms with Gasteiger partial charge in [-0.15, -0.1) is 11.3 Å². The van der Waals surface area contributed by atoms with Gasteiger partial charge in [-0.1, -0.05) is 13.8 Å². The molecule has 1 rings (SSSR count). The number of carbonyl (C=O) groups excluding carboxylic acids is 1. The number of hydrogen-bond donors (Lipinski definition) is 1. The van der Waals surface area contributed by atoms with Crippen LogP contribution in [0, 0.1) is 12.8 Å². The van der Waals surface area contributed by atoms with E-state index >= 15 is 0 Å². The molecule has 0 saturated heterocycles. The molecule has 0 bridgehead atoms. The number of nitrogens with one attached hydrogen (secondary N) is 1. The Hall–Kier alpha value is -0.670. The molecule has 0 radical (unpaired) electrons. The number of hydrogen-bond acceptors (Lipinski definition) is 3. The molecule has 0 aliphatic rings. The van der Waals surface area contributed by atoms with Gasteiger partial charge in [-0.05, 0) is 24.9 Å². The Morgan fingerprint density at radius 1 is 1.64 bits per heavy atom. The van der Waals surface area contributed by atoms with Crippen molar-refractivity contribution in [2.45, 2.75) is 20.8 Å². The van der Waals surface area contributed by atoms with Crippen LogP contribution in [0.3, 0.4) is 0 Å². The minimum Gasteiger partial charge on any atom is -0.316 e. The van der Waals surface area contributed by atoms with Gasteiger partial charge in [0.2, 0.25) is 0 Å². The summed E-state index contributed by atoms with van der Waals surface area (Å²) in [7, 11) is 0. The fourth-order valence-corrected chi connectivity index (χ4v) is 2.06. The van der Waals surface area contributed by atoms with E-state index in [1.54, 1.807) is 11.3 Å². The molecule has 1 aromatic rings. The van der Waals surface area contributed by atoms with E-state index in [1.807, 2.05) is 32.2 Å². The number of rotatable bonds is 5. The lowest BCUT2D eigenvalue weighted by Gasteiger charge is -2.10. The van der Waals surface area contributed by atoms with Crippen LogP contribution >= 0.6 is 11.3 Å². The summed E-state index contributed by atoms with van der Waals surface area (Å²) in [5.74, 6) is 0.327. The van der Waals surface area contributed by atoms with Crippen LogP contribution in [-0.2, 0) is 0 Å². The number of aryl methyl sites for hydroxylation is 1. The Morgan fingerprint density at radius 3 is 2.86 bits per heavy atom. The van der Waals surface area contributed by atoms with Crippen molar-refractivity contribution in [2.24, 2.45) is 5.92 Å². The smallest absolute Gasteiger partial charge is 0.168 e. The molecule has 0 aromatic carbocycles.